The summed E-state index contributed by atoms with van der Waals surface area (Å²) in [7, 11) is 0. The predicted octanol–water partition coefficient (Wildman–Crippen LogP) is 5.67. The molecular weight excluding hydrogens is 380 g/mol. The molecular formula is C21H19ClN2O2S. The zero-order valence-corrected chi connectivity index (χ0v) is 16.2. The zero-order chi connectivity index (χ0) is 18.5. The Labute approximate surface area is 167 Å². The molecule has 0 N–H and O–H groups in total. The highest BCUT2D eigenvalue weighted by Crippen LogP contribution is 2.30. The first kappa shape index (κ1) is 18.2. The van der Waals surface area contributed by atoms with E-state index in [1.807, 2.05) is 48.5 Å². The van der Waals surface area contributed by atoms with E-state index in [1.54, 1.807) is 18.0 Å². The van der Waals surface area contributed by atoms with E-state index in [9.17, 15) is 0 Å². The van der Waals surface area contributed by atoms with Crippen molar-refractivity contribution in [1.82, 2.24) is 0 Å². The van der Waals surface area contributed by atoms with Gasteiger partial charge in [0, 0.05) is 28.7 Å². The summed E-state index contributed by atoms with van der Waals surface area (Å²) in [6, 6.07) is 19.8. The van der Waals surface area contributed by atoms with Crippen LogP contribution in [-0.4, -0.2) is 32.5 Å². The standard InChI is InChI=1S/C21H19ClN2O2S/c22-16-1-8-20(9-2-16)27-21-10-7-19(26-21)15-23-17-3-5-18(6-4-17)24-11-13-25-14-12-24/h1-10,15H,11-14H2. The van der Waals surface area contributed by atoms with Gasteiger partial charge in [0.15, 0.2) is 5.09 Å². The first-order valence-electron chi connectivity index (χ1n) is 8.76. The number of halogens is 1. The van der Waals surface area contributed by atoms with Crippen LogP contribution in [0.3, 0.4) is 0 Å². The van der Waals surface area contributed by atoms with Gasteiger partial charge in [0.25, 0.3) is 0 Å². The van der Waals surface area contributed by atoms with Gasteiger partial charge < -0.3 is 14.1 Å². The third-order valence-electron chi connectivity index (χ3n) is 4.20. The number of morpholine rings is 1. The lowest BCUT2D eigenvalue weighted by molar-refractivity contribution is 0.122. The van der Waals surface area contributed by atoms with Crippen LogP contribution in [0.15, 0.2) is 80.1 Å². The van der Waals surface area contributed by atoms with E-state index >= 15 is 0 Å². The third-order valence-corrected chi connectivity index (χ3v) is 5.38. The van der Waals surface area contributed by atoms with Crippen molar-refractivity contribution in [2.45, 2.75) is 9.99 Å². The first-order valence-corrected chi connectivity index (χ1v) is 9.96. The molecule has 2 aromatic carbocycles. The number of aliphatic imine (C=N–C) groups is 1. The number of ether oxygens (including phenoxy) is 1. The molecule has 0 radical (unpaired) electrons. The van der Waals surface area contributed by atoms with Crippen LogP contribution in [0, 0.1) is 0 Å². The summed E-state index contributed by atoms with van der Waals surface area (Å²) >= 11 is 7.47. The fourth-order valence-corrected chi connectivity index (χ4v) is 3.69. The molecule has 0 saturated carbocycles. The molecule has 0 aliphatic carbocycles. The molecule has 1 saturated heterocycles. The van der Waals surface area contributed by atoms with Crippen molar-refractivity contribution in [3.8, 4) is 0 Å². The second-order valence-electron chi connectivity index (χ2n) is 6.09. The number of rotatable bonds is 5. The normalized spacial score (nSPS) is 14.8. The SMILES string of the molecule is Clc1ccc(Sc2ccc(C=Nc3ccc(N4CCOCC4)cc3)o2)cc1. The van der Waals surface area contributed by atoms with Crippen molar-refractivity contribution >= 4 is 41.0 Å². The van der Waals surface area contributed by atoms with Gasteiger partial charge in [-0.1, -0.05) is 23.4 Å². The number of nitrogens with zero attached hydrogens (tertiary/aromatic N) is 2. The smallest absolute Gasteiger partial charge is 0.165 e. The van der Waals surface area contributed by atoms with Gasteiger partial charge >= 0.3 is 0 Å². The van der Waals surface area contributed by atoms with E-state index < -0.39 is 0 Å². The fourth-order valence-electron chi connectivity index (χ4n) is 2.79. The van der Waals surface area contributed by atoms with Crippen molar-refractivity contribution < 1.29 is 9.15 Å². The Morgan fingerprint density at radius 3 is 2.41 bits per heavy atom. The largest absolute Gasteiger partial charge is 0.449 e. The Balaban J connectivity index is 1.38. The number of furan rings is 1. The molecule has 27 heavy (non-hydrogen) atoms. The maximum Gasteiger partial charge on any atom is 0.165 e. The molecule has 4 rings (SSSR count). The highest BCUT2D eigenvalue weighted by molar-refractivity contribution is 7.99. The summed E-state index contributed by atoms with van der Waals surface area (Å²) in [6.07, 6.45) is 1.75. The average Bonchev–Trinajstić information content (AvgIpc) is 3.17. The van der Waals surface area contributed by atoms with Crippen LogP contribution in [0.25, 0.3) is 0 Å². The number of anilines is 1. The lowest BCUT2D eigenvalue weighted by atomic mass is 10.2. The molecule has 0 spiro atoms. The molecule has 0 unspecified atom stereocenters. The molecule has 3 aromatic rings. The van der Waals surface area contributed by atoms with Gasteiger partial charge in [0.2, 0.25) is 0 Å². The Bertz CT molecular complexity index is 901. The number of benzene rings is 2. The van der Waals surface area contributed by atoms with Gasteiger partial charge in [-0.25, -0.2) is 0 Å². The van der Waals surface area contributed by atoms with Crippen LogP contribution >= 0.6 is 23.4 Å². The van der Waals surface area contributed by atoms with Crippen LogP contribution in [-0.2, 0) is 4.74 Å². The minimum absolute atomic E-state index is 0.726. The summed E-state index contributed by atoms with van der Waals surface area (Å²) in [5, 5.41) is 1.55. The molecule has 1 aromatic heterocycles. The van der Waals surface area contributed by atoms with E-state index in [0.717, 1.165) is 52.8 Å². The summed E-state index contributed by atoms with van der Waals surface area (Å²) in [4.78, 5) is 7.91. The molecule has 0 atom stereocenters. The maximum atomic E-state index is 5.91. The second-order valence-corrected chi connectivity index (χ2v) is 7.60. The number of hydrogen-bond acceptors (Lipinski definition) is 5. The van der Waals surface area contributed by atoms with Crippen molar-refractivity contribution in [2.75, 3.05) is 31.2 Å². The Kier molecular flexibility index (Phi) is 5.82. The monoisotopic (exact) mass is 398 g/mol. The Morgan fingerprint density at radius 1 is 0.926 bits per heavy atom. The van der Waals surface area contributed by atoms with Gasteiger partial charge in [-0.15, -0.1) is 0 Å². The van der Waals surface area contributed by atoms with Gasteiger partial charge in [0.1, 0.15) is 5.76 Å². The summed E-state index contributed by atoms with van der Waals surface area (Å²) < 4.78 is 11.2. The van der Waals surface area contributed by atoms with E-state index in [0.29, 0.717) is 0 Å². The maximum absolute atomic E-state index is 5.91. The van der Waals surface area contributed by atoms with E-state index in [4.69, 9.17) is 20.8 Å². The minimum atomic E-state index is 0.726. The molecule has 0 bridgehead atoms. The van der Waals surface area contributed by atoms with E-state index in [2.05, 4.69) is 22.0 Å². The van der Waals surface area contributed by atoms with Crippen molar-refractivity contribution in [3.05, 3.63) is 71.4 Å². The first-order chi connectivity index (χ1) is 13.3. The fraction of sp³-hybridized carbons (Fsp3) is 0.190. The average molecular weight is 399 g/mol. The van der Waals surface area contributed by atoms with Gasteiger partial charge in [0.05, 0.1) is 25.1 Å². The van der Waals surface area contributed by atoms with Crippen LogP contribution < -0.4 is 4.90 Å². The summed E-state index contributed by atoms with van der Waals surface area (Å²) in [5.74, 6) is 0.726. The molecule has 1 aliphatic heterocycles. The third kappa shape index (κ3) is 4.95. The highest BCUT2D eigenvalue weighted by atomic mass is 35.5. The highest BCUT2D eigenvalue weighted by Gasteiger charge is 2.10. The van der Waals surface area contributed by atoms with Gasteiger partial charge in [-0.3, -0.25) is 4.99 Å². The molecule has 2 heterocycles. The lowest BCUT2D eigenvalue weighted by Gasteiger charge is -2.28. The molecule has 4 nitrogen and oxygen atoms in total. The van der Waals surface area contributed by atoms with Crippen LogP contribution in [0.4, 0.5) is 11.4 Å². The van der Waals surface area contributed by atoms with Crippen molar-refractivity contribution in [2.24, 2.45) is 4.99 Å². The van der Waals surface area contributed by atoms with Gasteiger partial charge in [-0.2, -0.15) is 0 Å². The lowest BCUT2D eigenvalue weighted by Crippen LogP contribution is -2.36. The quantitative estimate of drug-likeness (QED) is 0.519. The van der Waals surface area contributed by atoms with E-state index in [-0.39, 0.29) is 0 Å². The van der Waals surface area contributed by atoms with Crippen LogP contribution in [0.5, 0.6) is 0 Å². The van der Waals surface area contributed by atoms with Crippen LogP contribution in [0.2, 0.25) is 5.02 Å². The molecule has 0 amide bonds. The Hall–Kier alpha value is -2.21. The molecule has 1 aliphatic rings. The molecule has 1 fully saturated rings. The number of hydrogen-bond donors (Lipinski definition) is 0. The summed E-state index contributed by atoms with van der Waals surface area (Å²) in [5.41, 5.74) is 2.10. The Morgan fingerprint density at radius 2 is 1.67 bits per heavy atom. The predicted molar refractivity (Wildman–Crippen MR) is 111 cm³/mol. The van der Waals surface area contributed by atoms with Crippen molar-refractivity contribution in [3.63, 3.8) is 0 Å². The summed E-state index contributed by atoms with van der Waals surface area (Å²) in [6.45, 7) is 3.44. The van der Waals surface area contributed by atoms with Crippen LogP contribution in [0.1, 0.15) is 5.76 Å². The zero-order valence-electron chi connectivity index (χ0n) is 14.7. The van der Waals surface area contributed by atoms with Gasteiger partial charge in [-0.05, 0) is 60.7 Å². The second kappa shape index (κ2) is 8.65. The molecule has 6 heteroatoms. The van der Waals surface area contributed by atoms with E-state index in [1.165, 1.54) is 5.69 Å². The molecule has 138 valence electrons. The topological polar surface area (TPSA) is 38.0 Å². The minimum Gasteiger partial charge on any atom is -0.449 e. The van der Waals surface area contributed by atoms with Crippen molar-refractivity contribution in [1.29, 1.82) is 0 Å².